The summed E-state index contributed by atoms with van der Waals surface area (Å²) in [6, 6.07) is 10.5. The number of likely N-dealkylation sites (tertiary alicyclic amines) is 4. The van der Waals surface area contributed by atoms with Crippen LogP contribution in [0.2, 0.25) is 0 Å². The van der Waals surface area contributed by atoms with Crippen molar-refractivity contribution < 1.29 is 0 Å². The van der Waals surface area contributed by atoms with E-state index in [4.69, 9.17) is 0 Å². The van der Waals surface area contributed by atoms with E-state index < -0.39 is 0 Å². The summed E-state index contributed by atoms with van der Waals surface area (Å²) < 4.78 is 0. The van der Waals surface area contributed by atoms with E-state index in [-0.39, 0.29) is 0 Å². The SMILES string of the molecule is CC(C)N1CC2CC1CN2C(C)C.CC(C)N1CC2CCC(C1)N(C(C)C)C2.CC(C)N1CC2CN(C(C)C)C(C1)C(C)(C)C2.CC(C)N1CC2CN(C(C)C)CC2C1.CC(C)N1CCCN(C(C)C)CC1. The van der Waals surface area contributed by atoms with Crippen molar-refractivity contribution in [3.05, 3.63) is 0 Å². The van der Waals surface area contributed by atoms with Crippen LogP contribution in [-0.4, -0.2) is 238 Å². The summed E-state index contributed by atoms with van der Waals surface area (Å²) in [5.74, 6) is 3.71. The zero-order valence-corrected chi connectivity index (χ0v) is 52.2. The minimum Gasteiger partial charge on any atom is -0.300 e. The number of fused-ring (bicyclic) bond motifs is 11. The first-order valence-corrected chi connectivity index (χ1v) is 31.1. The van der Waals surface area contributed by atoms with Crippen molar-refractivity contribution >= 4 is 0 Å². The van der Waals surface area contributed by atoms with Gasteiger partial charge < -0.3 is 9.80 Å². The van der Waals surface area contributed by atoms with E-state index in [1.165, 1.54) is 137 Å². The Morgan fingerprint density at radius 2 is 0.667 bits per heavy atom. The molecule has 10 heteroatoms. The molecule has 11 heterocycles. The molecule has 0 aromatic carbocycles. The summed E-state index contributed by atoms with van der Waals surface area (Å²) in [4.78, 5) is 26.7. The van der Waals surface area contributed by atoms with Crippen molar-refractivity contribution in [2.75, 3.05) is 105 Å². The highest BCUT2D eigenvalue weighted by Crippen LogP contribution is 2.42. The molecule has 10 nitrogen and oxygen atoms in total. The van der Waals surface area contributed by atoms with Gasteiger partial charge in [-0.05, 0) is 213 Å². The van der Waals surface area contributed by atoms with Gasteiger partial charge in [0.1, 0.15) is 0 Å². The number of hydrogen-bond acceptors (Lipinski definition) is 10. The number of piperidine rings is 2. The van der Waals surface area contributed by atoms with Gasteiger partial charge in [0.25, 0.3) is 0 Å². The molecule has 6 unspecified atom stereocenters. The molecule has 11 aliphatic heterocycles. The van der Waals surface area contributed by atoms with Gasteiger partial charge in [0.2, 0.25) is 0 Å². The molecule has 0 radical (unpaired) electrons. The van der Waals surface area contributed by atoms with Gasteiger partial charge in [-0.1, -0.05) is 13.8 Å². The third-order valence-corrected chi connectivity index (χ3v) is 19.7. The first kappa shape index (κ1) is 62.4. The van der Waals surface area contributed by atoms with Gasteiger partial charge in [0, 0.05) is 176 Å². The lowest BCUT2D eigenvalue weighted by Crippen LogP contribution is -2.56. The Morgan fingerprint density at radius 3 is 1.06 bits per heavy atom. The number of piperazine rings is 1. The maximum Gasteiger partial charge on any atom is 0.0277 e. The van der Waals surface area contributed by atoms with Crippen LogP contribution >= 0.6 is 0 Å². The van der Waals surface area contributed by atoms with Crippen LogP contribution in [0.1, 0.15) is 184 Å². The van der Waals surface area contributed by atoms with Crippen LogP contribution in [0, 0.1) is 29.1 Å². The van der Waals surface area contributed by atoms with Crippen molar-refractivity contribution in [3.63, 3.8) is 0 Å². The predicted molar refractivity (Wildman–Crippen MR) is 314 cm³/mol. The molecule has 0 spiro atoms. The standard InChI is InChI=1S/C15H30N2.C13H26N2.C12H24N2.C11H22N2.C11H24N2/c1-11(2)16-8-13-7-15(5,6)14(10-16)17(9-13)12(3)4;1-10(2)14-7-12-5-6-13(9-14)15(8-12)11(3)4;1-9(2)13-5-11-7-14(10(3)4)8-12(11)6-13;1-8(2)12-6-11-5-10(12)7-13(11)9(3)4;1-10(2)12-6-5-7-13(9-8-12)11(3)4/h11-14H,7-10H2,1-6H3;10-13H,5-9H2,1-4H3;9-12H,5-8H2,1-4H3;8-11H,5-7H2,1-4H3;10-11H,5-9H2,1-4H3. The highest BCUT2D eigenvalue weighted by atomic mass is 15.4. The molecule has 0 amide bonds. The molecule has 6 bridgehead atoms. The lowest BCUT2D eigenvalue weighted by molar-refractivity contribution is 0.00297. The van der Waals surface area contributed by atoms with E-state index in [0.29, 0.717) is 29.6 Å². The molecule has 0 aromatic rings. The Hall–Kier alpha value is -0.400. The van der Waals surface area contributed by atoms with Crippen LogP contribution in [0.15, 0.2) is 0 Å². The fourth-order valence-corrected chi connectivity index (χ4v) is 15.0. The molecule has 6 atom stereocenters. The van der Waals surface area contributed by atoms with Crippen molar-refractivity contribution in [1.29, 1.82) is 0 Å². The molecular weight excluding hydrogens is 885 g/mol. The van der Waals surface area contributed by atoms with Gasteiger partial charge in [0.15, 0.2) is 0 Å². The van der Waals surface area contributed by atoms with E-state index >= 15 is 0 Å². The van der Waals surface area contributed by atoms with Crippen LogP contribution in [0.5, 0.6) is 0 Å². The fourth-order valence-electron chi connectivity index (χ4n) is 15.0. The smallest absolute Gasteiger partial charge is 0.0277 e. The van der Waals surface area contributed by atoms with Crippen molar-refractivity contribution in [2.45, 2.75) is 269 Å². The quantitative estimate of drug-likeness (QED) is 0.211. The van der Waals surface area contributed by atoms with Gasteiger partial charge in [-0.3, -0.25) is 39.2 Å². The van der Waals surface area contributed by atoms with Crippen LogP contribution < -0.4 is 0 Å². The summed E-state index contributed by atoms with van der Waals surface area (Å²) in [5.41, 5.74) is 0.483. The molecule has 11 saturated heterocycles. The molecule has 72 heavy (non-hydrogen) atoms. The monoisotopic (exact) mass is 1010 g/mol. The second kappa shape index (κ2) is 28.0. The normalized spacial score (nSPS) is 32.5. The van der Waals surface area contributed by atoms with Crippen LogP contribution in [-0.2, 0) is 0 Å². The van der Waals surface area contributed by atoms with E-state index in [1.807, 2.05) is 0 Å². The highest BCUT2D eigenvalue weighted by molar-refractivity contribution is 5.03. The summed E-state index contributed by atoms with van der Waals surface area (Å²) >= 11 is 0. The molecule has 11 fully saturated rings. The van der Waals surface area contributed by atoms with Gasteiger partial charge in [0.05, 0.1) is 0 Å². The van der Waals surface area contributed by atoms with Gasteiger partial charge >= 0.3 is 0 Å². The Morgan fingerprint density at radius 1 is 0.306 bits per heavy atom. The van der Waals surface area contributed by atoms with Gasteiger partial charge in [-0.2, -0.15) is 0 Å². The second-order valence-electron chi connectivity index (χ2n) is 28.7. The molecule has 0 aromatic heterocycles. The lowest BCUT2D eigenvalue weighted by atomic mass is 9.73. The largest absolute Gasteiger partial charge is 0.300 e. The number of rotatable bonds is 10. The minimum absolute atomic E-state index is 0.483. The third-order valence-electron chi connectivity index (χ3n) is 19.7. The van der Waals surface area contributed by atoms with Crippen LogP contribution in [0.3, 0.4) is 0 Å². The topological polar surface area (TPSA) is 32.4 Å². The van der Waals surface area contributed by atoms with E-state index in [2.05, 4.69) is 201 Å². The number of nitrogens with zero attached hydrogens (tertiary/aromatic N) is 10. The molecule has 11 rings (SSSR count). The number of hydrogen-bond donors (Lipinski definition) is 0. The summed E-state index contributed by atoms with van der Waals surface area (Å²) in [6.07, 6.45) is 7.03. The molecular formula is C62H126N10. The fraction of sp³-hybridized carbons (Fsp3) is 1.00. The molecule has 0 N–H and O–H groups in total. The summed E-state index contributed by atoms with van der Waals surface area (Å²) in [7, 11) is 0. The maximum absolute atomic E-state index is 2.76. The Labute approximate surface area is 450 Å². The molecule has 0 saturated carbocycles. The highest BCUT2D eigenvalue weighted by Gasteiger charge is 2.47. The van der Waals surface area contributed by atoms with E-state index in [1.54, 1.807) is 0 Å². The lowest BCUT2D eigenvalue weighted by Gasteiger charge is -2.49. The van der Waals surface area contributed by atoms with Crippen molar-refractivity contribution in [3.8, 4) is 0 Å². The van der Waals surface area contributed by atoms with Gasteiger partial charge in [-0.25, -0.2) is 0 Å². The third kappa shape index (κ3) is 17.1. The average molecular weight is 1010 g/mol. The van der Waals surface area contributed by atoms with Crippen molar-refractivity contribution in [2.24, 2.45) is 29.1 Å². The second-order valence-corrected chi connectivity index (χ2v) is 28.7. The Bertz CT molecular complexity index is 1450. The maximum atomic E-state index is 2.76. The zero-order chi connectivity index (χ0) is 53.5. The van der Waals surface area contributed by atoms with E-state index in [9.17, 15) is 0 Å². The Balaban J connectivity index is 0.000000168. The zero-order valence-electron chi connectivity index (χ0n) is 52.2. The molecule has 11 aliphatic rings. The Kier molecular flexibility index (Phi) is 24.2. The van der Waals surface area contributed by atoms with E-state index in [0.717, 1.165) is 84.1 Å². The minimum atomic E-state index is 0.483. The van der Waals surface area contributed by atoms with Crippen molar-refractivity contribution in [1.82, 2.24) is 49.0 Å². The summed E-state index contributed by atoms with van der Waals surface area (Å²) in [6.45, 7) is 72.3. The molecule has 424 valence electrons. The predicted octanol–water partition coefficient (Wildman–Crippen LogP) is 10.1. The summed E-state index contributed by atoms with van der Waals surface area (Å²) in [5, 5.41) is 0. The van der Waals surface area contributed by atoms with Crippen LogP contribution in [0.25, 0.3) is 0 Å². The first-order valence-electron chi connectivity index (χ1n) is 31.1. The van der Waals surface area contributed by atoms with Gasteiger partial charge in [-0.15, -0.1) is 0 Å². The first-order chi connectivity index (χ1) is 33.7. The molecule has 0 aliphatic carbocycles. The van der Waals surface area contributed by atoms with Crippen LogP contribution in [0.4, 0.5) is 0 Å². The average Bonchev–Trinajstić information content (AvgIpc) is 3.92.